The van der Waals surface area contributed by atoms with Crippen LogP contribution in [0.15, 0.2) is 18.2 Å². The second-order valence-electron chi connectivity index (χ2n) is 3.11. The standard InChI is InChI=1S/C9H9Cl2O/c1-9(2,12)8-6(10)4-3-5-7(8)11/h3-5H,1-2H3. The third-order valence-electron chi connectivity index (χ3n) is 1.56. The summed E-state index contributed by atoms with van der Waals surface area (Å²) in [6.45, 7) is 3.08. The molecule has 0 spiro atoms. The first kappa shape index (κ1) is 9.85. The molecule has 1 rings (SSSR count). The van der Waals surface area contributed by atoms with Gasteiger partial charge in [-0.3, -0.25) is 0 Å². The average Bonchev–Trinajstić information content (AvgIpc) is 1.82. The molecule has 1 aromatic rings. The van der Waals surface area contributed by atoms with Crippen LogP contribution in [0.1, 0.15) is 19.4 Å². The van der Waals surface area contributed by atoms with Crippen molar-refractivity contribution in [2.75, 3.05) is 0 Å². The van der Waals surface area contributed by atoms with E-state index in [4.69, 9.17) is 23.2 Å². The first-order valence-corrected chi connectivity index (χ1v) is 4.33. The summed E-state index contributed by atoms with van der Waals surface area (Å²) in [7, 11) is 0. The van der Waals surface area contributed by atoms with Gasteiger partial charge in [-0.1, -0.05) is 29.3 Å². The van der Waals surface area contributed by atoms with Gasteiger partial charge in [0, 0.05) is 15.6 Å². The van der Waals surface area contributed by atoms with Crippen LogP contribution in [-0.4, -0.2) is 0 Å². The highest BCUT2D eigenvalue weighted by Crippen LogP contribution is 2.33. The van der Waals surface area contributed by atoms with Crippen LogP contribution < -0.4 is 0 Å². The molecule has 0 aliphatic heterocycles. The lowest BCUT2D eigenvalue weighted by molar-refractivity contribution is 0.0000992. The molecule has 3 heteroatoms. The van der Waals surface area contributed by atoms with Crippen molar-refractivity contribution in [2.45, 2.75) is 19.4 Å². The lowest BCUT2D eigenvalue weighted by atomic mass is 9.98. The second kappa shape index (κ2) is 3.25. The Morgan fingerprint density at radius 1 is 1.17 bits per heavy atom. The minimum absolute atomic E-state index is 0.433. The van der Waals surface area contributed by atoms with E-state index in [0.29, 0.717) is 15.6 Å². The number of hydrogen-bond donors (Lipinski definition) is 0. The van der Waals surface area contributed by atoms with Crippen molar-refractivity contribution < 1.29 is 5.11 Å². The van der Waals surface area contributed by atoms with E-state index in [1.807, 2.05) is 0 Å². The third-order valence-corrected chi connectivity index (χ3v) is 2.19. The van der Waals surface area contributed by atoms with Gasteiger partial charge in [0.1, 0.15) is 5.60 Å². The van der Waals surface area contributed by atoms with Gasteiger partial charge >= 0.3 is 0 Å². The number of hydrogen-bond acceptors (Lipinski definition) is 0. The minimum Gasteiger partial charge on any atom is -0.225 e. The fraction of sp³-hybridized carbons (Fsp3) is 0.333. The number of halogens is 2. The molecular formula is C9H9Cl2O. The van der Waals surface area contributed by atoms with E-state index in [2.05, 4.69) is 0 Å². The molecule has 1 aromatic carbocycles. The molecule has 0 aliphatic rings. The number of rotatable bonds is 1. The lowest BCUT2D eigenvalue weighted by Gasteiger charge is -2.17. The lowest BCUT2D eigenvalue weighted by Crippen LogP contribution is -2.14. The minimum atomic E-state index is -1.24. The smallest absolute Gasteiger partial charge is 0.126 e. The Balaban J connectivity index is 3.31. The van der Waals surface area contributed by atoms with E-state index < -0.39 is 5.60 Å². The highest BCUT2D eigenvalue weighted by atomic mass is 35.5. The SMILES string of the molecule is CC(C)([O])c1c(Cl)cccc1Cl. The van der Waals surface area contributed by atoms with Crippen molar-refractivity contribution >= 4 is 23.2 Å². The highest BCUT2D eigenvalue weighted by molar-refractivity contribution is 6.36. The summed E-state index contributed by atoms with van der Waals surface area (Å²) in [5.41, 5.74) is -0.775. The molecule has 0 amide bonds. The van der Waals surface area contributed by atoms with E-state index in [0.717, 1.165) is 0 Å². The molecule has 0 aliphatic carbocycles. The van der Waals surface area contributed by atoms with Crippen molar-refractivity contribution in [3.8, 4) is 0 Å². The van der Waals surface area contributed by atoms with Crippen LogP contribution in [0.2, 0.25) is 10.0 Å². The van der Waals surface area contributed by atoms with Crippen molar-refractivity contribution in [1.29, 1.82) is 0 Å². The summed E-state index contributed by atoms with van der Waals surface area (Å²) in [4.78, 5) is 0. The molecule has 0 N–H and O–H groups in total. The first-order valence-electron chi connectivity index (χ1n) is 3.58. The Labute approximate surface area is 81.9 Å². The van der Waals surface area contributed by atoms with Crippen LogP contribution in [0.5, 0.6) is 0 Å². The molecule has 0 saturated heterocycles. The molecule has 0 saturated carbocycles. The van der Waals surface area contributed by atoms with Gasteiger partial charge in [-0.05, 0) is 26.0 Å². The van der Waals surface area contributed by atoms with Crippen LogP contribution in [0.3, 0.4) is 0 Å². The van der Waals surface area contributed by atoms with Gasteiger partial charge in [0.15, 0.2) is 0 Å². The first-order chi connectivity index (χ1) is 5.43. The Morgan fingerprint density at radius 3 is 1.83 bits per heavy atom. The number of benzene rings is 1. The van der Waals surface area contributed by atoms with Gasteiger partial charge in [-0.15, -0.1) is 0 Å². The molecule has 0 unspecified atom stereocenters. The monoisotopic (exact) mass is 203 g/mol. The van der Waals surface area contributed by atoms with Crippen LogP contribution >= 0.6 is 23.2 Å². The van der Waals surface area contributed by atoms with Gasteiger partial charge in [-0.25, -0.2) is 5.11 Å². The maximum atomic E-state index is 11.6. The summed E-state index contributed by atoms with van der Waals surface area (Å²) in [6.07, 6.45) is 0. The van der Waals surface area contributed by atoms with E-state index in [-0.39, 0.29) is 0 Å². The fourth-order valence-corrected chi connectivity index (χ4v) is 1.93. The highest BCUT2D eigenvalue weighted by Gasteiger charge is 2.24. The summed E-state index contributed by atoms with van der Waals surface area (Å²) >= 11 is 11.7. The van der Waals surface area contributed by atoms with Gasteiger partial charge in [0.05, 0.1) is 0 Å². The van der Waals surface area contributed by atoms with Crippen molar-refractivity contribution in [1.82, 2.24) is 0 Å². The Bertz CT molecular complexity index is 269. The van der Waals surface area contributed by atoms with E-state index in [9.17, 15) is 5.11 Å². The molecule has 65 valence electrons. The fourth-order valence-electron chi connectivity index (χ4n) is 1.07. The van der Waals surface area contributed by atoms with Crippen LogP contribution in [0, 0.1) is 0 Å². The summed E-state index contributed by atoms with van der Waals surface area (Å²) in [6, 6.07) is 5.06. The van der Waals surface area contributed by atoms with Crippen molar-refractivity contribution in [2.24, 2.45) is 0 Å². The van der Waals surface area contributed by atoms with Crippen LogP contribution in [0.4, 0.5) is 0 Å². The molecular weight excluding hydrogens is 195 g/mol. The molecule has 12 heavy (non-hydrogen) atoms. The largest absolute Gasteiger partial charge is 0.225 e. The Hall–Kier alpha value is -0.240. The maximum Gasteiger partial charge on any atom is 0.126 e. The van der Waals surface area contributed by atoms with Gasteiger partial charge in [0.25, 0.3) is 0 Å². The van der Waals surface area contributed by atoms with E-state index in [1.165, 1.54) is 0 Å². The third kappa shape index (κ3) is 1.92. The zero-order valence-electron chi connectivity index (χ0n) is 6.90. The van der Waals surface area contributed by atoms with Gasteiger partial charge in [0.2, 0.25) is 0 Å². The van der Waals surface area contributed by atoms with E-state index >= 15 is 0 Å². The van der Waals surface area contributed by atoms with Crippen molar-refractivity contribution in [3.63, 3.8) is 0 Å². The molecule has 0 bridgehead atoms. The maximum absolute atomic E-state index is 11.6. The molecule has 0 aromatic heterocycles. The summed E-state index contributed by atoms with van der Waals surface area (Å²) in [5, 5.41) is 12.4. The molecule has 0 atom stereocenters. The molecule has 0 fully saturated rings. The molecule has 1 nitrogen and oxygen atoms in total. The Kier molecular flexibility index (Phi) is 2.67. The van der Waals surface area contributed by atoms with Crippen molar-refractivity contribution in [3.05, 3.63) is 33.8 Å². The van der Waals surface area contributed by atoms with E-state index in [1.54, 1.807) is 32.0 Å². The predicted molar refractivity (Wildman–Crippen MR) is 50.2 cm³/mol. The summed E-state index contributed by atoms with van der Waals surface area (Å²) < 4.78 is 0. The zero-order valence-corrected chi connectivity index (χ0v) is 8.41. The second-order valence-corrected chi connectivity index (χ2v) is 3.92. The van der Waals surface area contributed by atoms with Gasteiger partial charge < -0.3 is 0 Å². The molecule has 0 heterocycles. The molecule has 1 radical (unpaired) electrons. The van der Waals surface area contributed by atoms with Crippen LogP contribution in [-0.2, 0) is 10.7 Å². The zero-order chi connectivity index (χ0) is 9.35. The van der Waals surface area contributed by atoms with Crippen LogP contribution in [0.25, 0.3) is 0 Å². The van der Waals surface area contributed by atoms with Gasteiger partial charge in [-0.2, -0.15) is 0 Å². The Morgan fingerprint density at radius 2 is 1.58 bits per heavy atom. The normalized spacial score (nSPS) is 11.8. The summed E-state index contributed by atoms with van der Waals surface area (Å²) in [5.74, 6) is 0. The predicted octanol–water partition coefficient (Wildman–Crippen LogP) is 3.66. The topological polar surface area (TPSA) is 19.9 Å². The quantitative estimate of drug-likeness (QED) is 0.665. The average molecular weight is 204 g/mol.